The van der Waals surface area contributed by atoms with E-state index < -0.39 is 5.97 Å². The topological polar surface area (TPSA) is 62.3 Å². The number of aromatic hydroxyl groups is 1. The van der Waals surface area contributed by atoms with Crippen LogP contribution in [0.5, 0.6) is 5.75 Å². The first-order chi connectivity index (χ1) is 8.72. The molecule has 0 atom stereocenters. The van der Waals surface area contributed by atoms with Crippen LogP contribution in [0.1, 0.15) is 10.4 Å². The van der Waals surface area contributed by atoms with Crippen molar-refractivity contribution in [2.45, 2.75) is 0 Å². The van der Waals surface area contributed by atoms with Crippen molar-refractivity contribution in [2.75, 3.05) is 7.11 Å². The number of phenols is 1. The van der Waals surface area contributed by atoms with Gasteiger partial charge in [-0.2, -0.15) is 0 Å². The number of rotatable bonds is 1. The number of para-hydroxylation sites is 1. The predicted molar refractivity (Wildman–Crippen MR) is 68.8 cm³/mol. The largest absolute Gasteiger partial charge is 0.507 e. The van der Waals surface area contributed by atoms with E-state index in [1.807, 2.05) is 12.1 Å². The molecule has 0 saturated heterocycles. The molecule has 0 fully saturated rings. The molecule has 0 saturated carbocycles. The van der Waals surface area contributed by atoms with Crippen LogP contribution in [0.4, 0.5) is 0 Å². The number of benzene rings is 2. The van der Waals surface area contributed by atoms with E-state index in [9.17, 15) is 9.90 Å². The van der Waals surface area contributed by atoms with Crippen LogP contribution in [0.15, 0.2) is 36.4 Å². The SMILES string of the molecule is COC(=O)c1cccc2c1[nH]c1cccc(O)c12. The molecule has 18 heavy (non-hydrogen) atoms. The lowest BCUT2D eigenvalue weighted by atomic mass is 10.1. The summed E-state index contributed by atoms with van der Waals surface area (Å²) in [7, 11) is 1.35. The Morgan fingerprint density at radius 1 is 1.22 bits per heavy atom. The number of methoxy groups -OCH3 is 1. The van der Waals surface area contributed by atoms with Gasteiger partial charge in [0.2, 0.25) is 0 Å². The summed E-state index contributed by atoms with van der Waals surface area (Å²) in [5.74, 6) is -0.201. The van der Waals surface area contributed by atoms with Gasteiger partial charge in [-0.15, -0.1) is 0 Å². The van der Waals surface area contributed by atoms with Crippen molar-refractivity contribution in [3.05, 3.63) is 42.0 Å². The Balaban J connectivity index is 2.47. The van der Waals surface area contributed by atoms with E-state index >= 15 is 0 Å². The van der Waals surface area contributed by atoms with Crippen LogP contribution in [0, 0.1) is 0 Å². The van der Waals surface area contributed by atoms with Gasteiger partial charge in [0.25, 0.3) is 0 Å². The lowest BCUT2D eigenvalue weighted by Crippen LogP contribution is -2.01. The third kappa shape index (κ3) is 1.35. The molecule has 0 amide bonds. The van der Waals surface area contributed by atoms with Gasteiger partial charge in [-0.05, 0) is 18.2 Å². The number of carbonyl (C=O) groups is 1. The molecule has 3 aromatic rings. The molecule has 3 rings (SSSR count). The third-order valence-corrected chi connectivity index (χ3v) is 3.04. The lowest BCUT2D eigenvalue weighted by Gasteiger charge is -2.00. The fraction of sp³-hybridized carbons (Fsp3) is 0.0714. The van der Waals surface area contributed by atoms with E-state index in [0.717, 1.165) is 16.3 Å². The molecule has 0 aliphatic heterocycles. The minimum absolute atomic E-state index is 0.195. The Kier molecular flexibility index (Phi) is 2.23. The summed E-state index contributed by atoms with van der Waals surface area (Å²) in [4.78, 5) is 14.8. The molecule has 0 spiro atoms. The Bertz CT molecular complexity index is 758. The fourth-order valence-electron chi connectivity index (χ4n) is 2.24. The highest BCUT2D eigenvalue weighted by Crippen LogP contribution is 2.33. The second-order valence-electron chi connectivity index (χ2n) is 4.04. The summed E-state index contributed by atoms with van der Waals surface area (Å²) in [6.45, 7) is 0. The standard InChI is InChI=1S/C14H11NO3/c1-18-14(17)9-5-2-4-8-12-10(15-13(8)9)6-3-7-11(12)16/h2-7,15-16H,1H3. The van der Waals surface area contributed by atoms with Crippen LogP contribution in [0.25, 0.3) is 21.8 Å². The van der Waals surface area contributed by atoms with Crippen molar-refractivity contribution in [1.29, 1.82) is 0 Å². The van der Waals surface area contributed by atoms with E-state index in [-0.39, 0.29) is 5.75 Å². The Hall–Kier alpha value is -2.49. The number of esters is 1. The highest BCUT2D eigenvalue weighted by Gasteiger charge is 2.15. The number of aromatic nitrogens is 1. The van der Waals surface area contributed by atoms with Crippen molar-refractivity contribution >= 4 is 27.8 Å². The Morgan fingerprint density at radius 3 is 2.78 bits per heavy atom. The van der Waals surface area contributed by atoms with Crippen LogP contribution >= 0.6 is 0 Å². The van der Waals surface area contributed by atoms with Gasteiger partial charge in [-0.25, -0.2) is 4.79 Å². The molecule has 0 aliphatic rings. The molecule has 2 aromatic carbocycles. The number of nitrogens with one attached hydrogen (secondary N) is 1. The summed E-state index contributed by atoms with van der Waals surface area (Å²) >= 11 is 0. The lowest BCUT2D eigenvalue weighted by molar-refractivity contribution is 0.0603. The van der Waals surface area contributed by atoms with E-state index in [2.05, 4.69) is 4.98 Å². The van der Waals surface area contributed by atoms with Crippen LogP contribution in [-0.4, -0.2) is 23.2 Å². The van der Waals surface area contributed by atoms with Gasteiger partial charge in [-0.3, -0.25) is 0 Å². The molecular weight excluding hydrogens is 230 g/mol. The summed E-state index contributed by atoms with van der Waals surface area (Å²) in [5.41, 5.74) is 1.94. The molecule has 4 heteroatoms. The number of fused-ring (bicyclic) bond motifs is 3. The van der Waals surface area contributed by atoms with Gasteiger partial charge < -0.3 is 14.8 Å². The minimum Gasteiger partial charge on any atom is -0.507 e. The maximum Gasteiger partial charge on any atom is 0.339 e. The highest BCUT2D eigenvalue weighted by atomic mass is 16.5. The quantitative estimate of drug-likeness (QED) is 0.644. The summed E-state index contributed by atoms with van der Waals surface area (Å²) < 4.78 is 4.75. The number of hydrogen-bond donors (Lipinski definition) is 2. The molecule has 4 nitrogen and oxygen atoms in total. The number of phenolic OH excluding ortho intramolecular Hbond substituents is 1. The first-order valence-electron chi connectivity index (χ1n) is 5.53. The molecular formula is C14H11NO3. The van der Waals surface area contributed by atoms with Gasteiger partial charge in [0.1, 0.15) is 5.75 Å². The number of H-pyrrole nitrogens is 1. The second-order valence-corrected chi connectivity index (χ2v) is 4.04. The average molecular weight is 241 g/mol. The summed E-state index contributed by atoms with van der Waals surface area (Å²) in [5, 5.41) is 11.4. The molecule has 1 aromatic heterocycles. The predicted octanol–water partition coefficient (Wildman–Crippen LogP) is 2.81. The number of ether oxygens (including phenoxy) is 1. The maximum absolute atomic E-state index is 11.7. The van der Waals surface area contributed by atoms with E-state index in [0.29, 0.717) is 11.1 Å². The smallest absolute Gasteiger partial charge is 0.339 e. The molecule has 1 heterocycles. The first-order valence-corrected chi connectivity index (χ1v) is 5.53. The number of hydrogen-bond acceptors (Lipinski definition) is 3. The van der Waals surface area contributed by atoms with Gasteiger partial charge in [0.15, 0.2) is 0 Å². The zero-order valence-corrected chi connectivity index (χ0v) is 9.73. The van der Waals surface area contributed by atoms with Gasteiger partial charge in [0.05, 0.1) is 23.7 Å². The van der Waals surface area contributed by atoms with Crippen molar-refractivity contribution in [2.24, 2.45) is 0 Å². The summed E-state index contributed by atoms with van der Waals surface area (Å²) in [6, 6.07) is 10.6. The van der Waals surface area contributed by atoms with Crippen molar-refractivity contribution in [3.63, 3.8) is 0 Å². The first kappa shape index (κ1) is 10.7. The zero-order valence-electron chi connectivity index (χ0n) is 9.73. The van der Waals surface area contributed by atoms with Gasteiger partial charge in [0, 0.05) is 10.8 Å². The third-order valence-electron chi connectivity index (χ3n) is 3.04. The van der Waals surface area contributed by atoms with Gasteiger partial charge >= 0.3 is 5.97 Å². The molecule has 0 bridgehead atoms. The van der Waals surface area contributed by atoms with Crippen molar-refractivity contribution in [3.8, 4) is 5.75 Å². The molecule has 0 unspecified atom stereocenters. The van der Waals surface area contributed by atoms with Crippen LogP contribution < -0.4 is 0 Å². The monoisotopic (exact) mass is 241 g/mol. The average Bonchev–Trinajstić information content (AvgIpc) is 2.77. The molecule has 2 N–H and O–H groups in total. The van der Waals surface area contributed by atoms with Gasteiger partial charge in [-0.1, -0.05) is 18.2 Å². The Morgan fingerprint density at radius 2 is 2.00 bits per heavy atom. The fourth-order valence-corrected chi connectivity index (χ4v) is 2.24. The highest BCUT2D eigenvalue weighted by molar-refractivity contribution is 6.15. The van der Waals surface area contributed by atoms with Crippen molar-refractivity contribution in [1.82, 2.24) is 4.98 Å². The zero-order chi connectivity index (χ0) is 12.7. The Labute approximate surface area is 103 Å². The van der Waals surface area contributed by atoms with Crippen LogP contribution in [-0.2, 0) is 4.74 Å². The number of aromatic amines is 1. The second kappa shape index (κ2) is 3.77. The van der Waals surface area contributed by atoms with E-state index in [1.165, 1.54) is 7.11 Å². The molecule has 90 valence electrons. The van der Waals surface area contributed by atoms with Crippen LogP contribution in [0.2, 0.25) is 0 Å². The van der Waals surface area contributed by atoms with E-state index in [4.69, 9.17) is 4.74 Å². The van der Waals surface area contributed by atoms with Crippen molar-refractivity contribution < 1.29 is 14.6 Å². The van der Waals surface area contributed by atoms with E-state index in [1.54, 1.807) is 24.3 Å². The molecule has 0 aliphatic carbocycles. The normalized spacial score (nSPS) is 10.9. The maximum atomic E-state index is 11.7. The summed E-state index contributed by atoms with van der Waals surface area (Å²) in [6.07, 6.45) is 0. The number of carbonyl (C=O) groups excluding carboxylic acids is 1. The van der Waals surface area contributed by atoms with Crippen LogP contribution in [0.3, 0.4) is 0 Å². The minimum atomic E-state index is -0.397. The molecule has 0 radical (unpaired) electrons.